The summed E-state index contributed by atoms with van der Waals surface area (Å²) in [6.07, 6.45) is 0. The van der Waals surface area contributed by atoms with Crippen molar-refractivity contribution < 1.29 is 4.79 Å². The van der Waals surface area contributed by atoms with Crippen molar-refractivity contribution in [2.45, 2.75) is 6.54 Å². The number of benzene rings is 1. The van der Waals surface area contributed by atoms with Gasteiger partial charge in [-0.2, -0.15) is 0 Å². The molecule has 1 fully saturated rings. The Bertz CT molecular complexity index is 685. The molecule has 7 heteroatoms. The molecule has 0 aliphatic carbocycles. The van der Waals surface area contributed by atoms with Gasteiger partial charge in [-0.1, -0.05) is 35.3 Å². The number of hydrogen-bond acceptors (Lipinski definition) is 4. The van der Waals surface area contributed by atoms with Gasteiger partial charge in [0.1, 0.15) is 0 Å². The van der Waals surface area contributed by atoms with Crippen LogP contribution in [0.15, 0.2) is 35.7 Å². The van der Waals surface area contributed by atoms with Crippen LogP contribution >= 0.6 is 34.5 Å². The molecule has 1 aliphatic rings. The molecule has 24 heavy (non-hydrogen) atoms. The van der Waals surface area contributed by atoms with Crippen molar-refractivity contribution in [1.29, 1.82) is 0 Å². The fourth-order valence-corrected chi connectivity index (χ4v) is 3.82. The summed E-state index contributed by atoms with van der Waals surface area (Å²) in [5, 5.41) is 5.77. The van der Waals surface area contributed by atoms with Gasteiger partial charge >= 0.3 is 0 Å². The number of amides is 1. The molecule has 128 valence electrons. The number of piperazine rings is 1. The van der Waals surface area contributed by atoms with Crippen LogP contribution in [0.5, 0.6) is 0 Å². The van der Waals surface area contributed by atoms with E-state index in [0.717, 1.165) is 32.7 Å². The standard InChI is InChI=1S/C17H19Cl2N3OS/c18-14-4-1-5-15(17(14)19)20-16(23)12-22-8-6-21(7-9-22)11-13-3-2-10-24-13/h1-5,10H,6-9,11-12H2,(H,20,23). The molecule has 3 rings (SSSR count). The Morgan fingerprint density at radius 2 is 1.83 bits per heavy atom. The Hall–Kier alpha value is -1.11. The van der Waals surface area contributed by atoms with Crippen LogP contribution in [0.3, 0.4) is 0 Å². The molecule has 0 spiro atoms. The Kier molecular flexibility index (Phi) is 6.14. The van der Waals surface area contributed by atoms with Crippen molar-refractivity contribution in [3.05, 3.63) is 50.6 Å². The van der Waals surface area contributed by atoms with Gasteiger partial charge in [-0.25, -0.2) is 0 Å². The Balaban J connectivity index is 1.45. The summed E-state index contributed by atoms with van der Waals surface area (Å²) in [4.78, 5) is 18.2. The maximum absolute atomic E-state index is 12.2. The second kappa shape index (κ2) is 8.32. The minimum absolute atomic E-state index is 0.0640. The first-order chi connectivity index (χ1) is 11.6. The predicted molar refractivity (Wildman–Crippen MR) is 101 cm³/mol. The van der Waals surface area contributed by atoms with Crippen molar-refractivity contribution >= 4 is 46.1 Å². The highest BCUT2D eigenvalue weighted by Crippen LogP contribution is 2.29. The summed E-state index contributed by atoms with van der Waals surface area (Å²) in [7, 11) is 0. The van der Waals surface area contributed by atoms with E-state index in [-0.39, 0.29) is 5.91 Å². The largest absolute Gasteiger partial charge is 0.324 e. The highest BCUT2D eigenvalue weighted by molar-refractivity contribution is 7.09. The van der Waals surface area contributed by atoms with Crippen molar-refractivity contribution in [1.82, 2.24) is 9.80 Å². The van der Waals surface area contributed by atoms with E-state index in [2.05, 4.69) is 32.6 Å². The molecule has 2 aromatic rings. The van der Waals surface area contributed by atoms with Gasteiger partial charge in [-0.15, -0.1) is 11.3 Å². The fourth-order valence-electron chi connectivity index (χ4n) is 2.72. The third-order valence-corrected chi connectivity index (χ3v) is 5.70. The summed E-state index contributed by atoms with van der Waals surface area (Å²) >= 11 is 13.9. The molecule has 0 bridgehead atoms. The van der Waals surface area contributed by atoms with Crippen LogP contribution in [0.25, 0.3) is 0 Å². The third kappa shape index (κ3) is 4.71. The number of nitrogens with one attached hydrogen (secondary N) is 1. The first kappa shape index (κ1) is 17.7. The van der Waals surface area contributed by atoms with Gasteiger partial charge in [0.25, 0.3) is 0 Å². The SMILES string of the molecule is O=C(CN1CCN(Cc2cccs2)CC1)Nc1cccc(Cl)c1Cl. The second-order valence-electron chi connectivity index (χ2n) is 5.78. The monoisotopic (exact) mass is 383 g/mol. The zero-order chi connectivity index (χ0) is 16.9. The molecule has 0 saturated carbocycles. The lowest BCUT2D eigenvalue weighted by molar-refractivity contribution is -0.117. The number of nitrogens with zero attached hydrogens (tertiary/aromatic N) is 2. The molecule has 0 unspecified atom stereocenters. The minimum Gasteiger partial charge on any atom is -0.324 e. The number of thiophene rings is 1. The van der Waals surface area contributed by atoms with Crippen LogP contribution in [0.2, 0.25) is 10.0 Å². The predicted octanol–water partition coefficient (Wildman–Crippen LogP) is 3.81. The van der Waals surface area contributed by atoms with Crippen molar-refractivity contribution in [3.8, 4) is 0 Å². The van der Waals surface area contributed by atoms with E-state index in [4.69, 9.17) is 23.2 Å². The van der Waals surface area contributed by atoms with Gasteiger partial charge < -0.3 is 5.32 Å². The zero-order valence-electron chi connectivity index (χ0n) is 13.2. The number of hydrogen-bond donors (Lipinski definition) is 1. The summed E-state index contributed by atoms with van der Waals surface area (Å²) in [6, 6.07) is 9.48. The number of halogens is 2. The molecule has 0 radical (unpaired) electrons. The third-order valence-electron chi connectivity index (χ3n) is 4.02. The molecule has 1 aromatic carbocycles. The highest BCUT2D eigenvalue weighted by atomic mass is 35.5. The Labute approximate surface area is 156 Å². The first-order valence-electron chi connectivity index (χ1n) is 7.83. The summed E-state index contributed by atoms with van der Waals surface area (Å²) in [5.74, 6) is -0.0640. The molecule has 1 saturated heterocycles. The minimum atomic E-state index is -0.0640. The van der Waals surface area contributed by atoms with Crippen LogP contribution < -0.4 is 5.32 Å². The normalized spacial score (nSPS) is 16.2. The summed E-state index contributed by atoms with van der Waals surface area (Å²) in [6.45, 7) is 5.10. The van der Waals surface area contributed by atoms with Crippen LogP contribution in [-0.4, -0.2) is 48.4 Å². The molecule has 1 N–H and O–H groups in total. The van der Waals surface area contributed by atoms with Gasteiger partial charge in [-0.05, 0) is 23.6 Å². The fraction of sp³-hybridized carbons (Fsp3) is 0.353. The topological polar surface area (TPSA) is 35.6 Å². The zero-order valence-corrected chi connectivity index (χ0v) is 15.5. The van der Waals surface area contributed by atoms with Crippen molar-refractivity contribution in [2.75, 3.05) is 38.0 Å². The van der Waals surface area contributed by atoms with E-state index in [1.165, 1.54) is 4.88 Å². The first-order valence-corrected chi connectivity index (χ1v) is 9.46. The van der Waals surface area contributed by atoms with E-state index >= 15 is 0 Å². The van der Waals surface area contributed by atoms with Crippen LogP contribution in [0, 0.1) is 0 Å². The quantitative estimate of drug-likeness (QED) is 0.852. The average molecular weight is 384 g/mol. The van der Waals surface area contributed by atoms with E-state index in [0.29, 0.717) is 22.3 Å². The average Bonchev–Trinajstić information content (AvgIpc) is 3.07. The van der Waals surface area contributed by atoms with E-state index in [9.17, 15) is 4.79 Å². The Morgan fingerprint density at radius 1 is 1.08 bits per heavy atom. The van der Waals surface area contributed by atoms with E-state index < -0.39 is 0 Å². The number of rotatable bonds is 5. The molecule has 1 aromatic heterocycles. The Morgan fingerprint density at radius 3 is 2.54 bits per heavy atom. The van der Waals surface area contributed by atoms with Gasteiger partial charge in [0, 0.05) is 37.6 Å². The van der Waals surface area contributed by atoms with Gasteiger partial charge in [0.15, 0.2) is 0 Å². The maximum atomic E-state index is 12.2. The van der Waals surface area contributed by atoms with Crippen LogP contribution in [-0.2, 0) is 11.3 Å². The molecule has 2 heterocycles. The number of carbonyl (C=O) groups excluding carboxylic acids is 1. The lowest BCUT2D eigenvalue weighted by Gasteiger charge is -2.34. The lowest BCUT2D eigenvalue weighted by Crippen LogP contribution is -2.48. The molecular weight excluding hydrogens is 365 g/mol. The van der Waals surface area contributed by atoms with Crippen LogP contribution in [0.1, 0.15) is 4.88 Å². The molecule has 4 nitrogen and oxygen atoms in total. The molecule has 1 aliphatic heterocycles. The van der Waals surface area contributed by atoms with Gasteiger partial charge in [-0.3, -0.25) is 14.6 Å². The number of anilines is 1. The molecule has 1 amide bonds. The smallest absolute Gasteiger partial charge is 0.238 e. The maximum Gasteiger partial charge on any atom is 0.238 e. The lowest BCUT2D eigenvalue weighted by atomic mass is 10.3. The van der Waals surface area contributed by atoms with E-state index in [1.54, 1.807) is 29.5 Å². The summed E-state index contributed by atoms with van der Waals surface area (Å²) < 4.78 is 0. The van der Waals surface area contributed by atoms with Crippen LogP contribution in [0.4, 0.5) is 5.69 Å². The molecule has 0 atom stereocenters. The number of carbonyl (C=O) groups is 1. The van der Waals surface area contributed by atoms with E-state index in [1.807, 2.05) is 0 Å². The second-order valence-corrected chi connectivity index (χ2v) is 7.60. The van der Waals surface area contributed by atoms with Crippen molar-refractivity contribution in [2.24, 2.45) is 0 Å². The van der Waals surface area contributed by atoms with Gasteiger partial charge in [0.2, 0.25) is 5.91 Å². The molecular formula is C17H19Cl2N3OS. The van der Waals surface area contributed by atoms with Gasteiger partial charge in [0.05, 0.1) is 22.3 Å². The van der Waals surface area contributed by atoms with Crippen molar-refractivity contribution in [3.63, 3.8) is 0 Å². The highest BCUT2D eigenvalue weighted by Gasteiger charge is 2.19. The summed E-state index contributed by atoms with van der Waals surface area (Å²) in [5.41, 5.74) is 0.561.